The van der Waals surface area contributed by atoms with Gasteiger partial charge in [-0.1, -0.05) is 18.6 Å². The molecule has 0 aliphatic carbocycles. The van der Waals surface area contributed by atoms with Crippen LogP contribution in [-0.2, 0) is 0 Å². The monoisotopic (exact) mass is 234 g/mol. The van der Waals surface area contributed by atoms with Crippen molar-refractivity contribution in [2.24, 2.45) is 5.73 Å². The van der Waals surface area contributed by atoms with Gasteiger partial charge in [-0.25, -0.2) is 0 Å². The van der Waals surface area contributed by atoms with Crippen molar-refractivity contribution < 1.29 is 9.53 Å². The number of benzene rings is 1. The molecule has 2 rings (SSSR count). The third-order valence-electron chi connectivity index (χ3n) is 2.94. The SMILES string of the molecule is NC(=O)c1ccccc1OC1CCCCCN1. The molecule has 17 heavy (non-hydrogen) atoms. The molecule has 4 heteroatoms. The highest BCUT2D eigenvalue weighted by Crippen LogP contribution is 2.20. The first-order chi connectivity index (χ1) is 8.27. The molecule has 1 unspecified atom stereocenters. The summed E-state index contributed by atoms with van der Waals surface area (Å²) in [6.07, 6.45) is 4.50. The average Bonchev–Trinajstić information content (AvgIpc) is 2.58. The maximum Gasteiger partial charge on any atom is 0.252 e. The van der Waals surface area contributed by atoms with Gasteiger partial charge in [-0.2, -0.15) is 0 Å². The molecule has 92 valence electrons. The summed E-state index contributed by atoms with van der Waals surface area (Å²) in [5.74, 6) is 0.119. The van der Waals surface area contributed by atoms with Gasteiger partial charge in [0.2, 0.25) is 0 Å². The largest absolute Gasteiger partial charge is 0.475 e. The number of nitrogens with one attached hydrogen (secondary N) is 1. The molecule has 3 N–H and O–H groups in total. The molecule has 0 aromatic heterocycles. The maximum absolute atomic E-state index is 11.3. The number of hydrogen-bond acceptors (Lipinski definition) is 3. The Morgan fingerprint density at radius 3 is 2.94 bits per heavy atom. The van der Waals surface area contributed by atoms with Crippen LogP contribution in [-0.4, -0.2) is 18.7 Å². The Bertz CT molecular complexity index is 385. The van der Waals surface area contributed by atoms with Gasteiger partial charge >= 0.3 is 0 Å². The Morgan fingerprint density at radius 2 is 2.12 bits per heavy atom. The van der Waals surface area contributed by atoms with Gasteiger partial charge in [0.25, 0.3) is 5.91 Å². The summed E-state index contributed by atoms with van der Waals surface area (Å²) in [7, 11) is 0. The van der Waals surface area contributed by atoms with Crippen LogP contribution < -0.4 is 15.8 Å². The third kappa shape index (κ3) is 3.20. The van der Waals surface area contributed by atoms with Gasteiger partial charge in [-0.05, 0) is 37.9 Å². The molecule has 1 aliphatic heterocycles. The van der Waals surface area contributed by atoms with Crippen LogP contribution in [0.15, 0.2) is 24.3 Å². The number of hydrogen-bond donors (Lipinski definition) is 2. The fraction of sp³-hybridized carbons (Fsp3) is 0.462. The number of rotatable bonds is 3. The molecular formula is C13H18N2O2. The maximum atomic E-state index is 11.3. The van der Waals surface area contributed by atoms with Crippen molar-refractivity contribution in [1.29, 1.82) is 0 Å². The lowest BCUT2D eigenvalue weighted by Gasteiger charge is -2.19. The van der Waals surface area contributed by atoms with Gasteiger partial charge < -0.3 is 10.5 Å². The first kappa shape index (κ1) is 11.9. The predicted molar refractivity (Wildman–Crippen MR) is 65.8 cm³/mol. The van der Waals surface area contributed by atoms with E-state index >= 15 is 0 Å². The van der Waals surface area contributed by atoms with Crippen LogP contribution in [0.4, 0.5) is 0 Å². The second-order valence-corrected chi connectivity index (χ2v) is 4.27. The third-order valence-corrected chi connectivity index (χ3v) is 2.94. The van der Waals surface area contributed by atoms with Gasteiger partial charge in [0.05, 0.1) is 5.56 Å². The Hall–Kier alpha value is -1.55. The molecule has 0 saturated carbocycles. The zero-order valence-corrected chi connectivity index (χ0v) is 9.82. The van der Waals surface area contributed by atoms with Crippen molar-refractivity contribution in [1.82, 2.24) is 5.32 Å². The van der Waals surface area contributed by atoms with E-state index in [0.717, 1.165) is 19.4 Å². The number of para-hydroxylation sites is 1. The van der Waals surface area contributed by atoms with Crippen LogP contribution in [0.5, 0.6) is 5.75 Å². The molecule has 1 heterocycles. The van der Waals surface area contributed by atoms with E-state index in [-0.39, 0.29) is 6.23 Å². The molecule has 0 spiro atoms. The highest BCUT2D eigenvalue weighted by atomic mass is 16.5. The second kappa shape index (κ2) is 5.68. The minimum absolute atomic E-state index is 0.0157. The summed E-state index contributed by atoms with van der Waals surface area (Å²) < 4.78 is 5.82. The fourth-order valence-corrected chi connectivity index (χ4v) is 2.02. The lowest BCUT2D eigenvalue weighted by molar-refractivity contribution is 0.0988. The van der Waals surface area contributed by atoms with Crippen molar-refractivity contribution >= 4 is 5.91 Å². The quantitative estimate of drug-likeness (QED) is 0.836. The van der Waals surface area contributed by atoms with E-state index in [4.69, 9.17) is 10.5 Å². The number of carbonyl (C=O) groups is 1. The zero-order valence-electron chi connectivity index (χ0n) is 9.82. The van der Waals surface area contributed by atoms with Crippen LogP contribution >= 0.6 is 0 Å². The minimum Gasteiger partial charge on any atom is -0.475 e. The van der Waals surface area contributed by atoms with E-state index in [1.807, 2.05) is 6.07 Å². The summed E-state index contributed by atoms with van der Waals surface area (Å²) in [5.41, 5.74) is 5.75. The summed E-state index contributed by atoms with van der Waals surface area (Å²) in [5, 5.41) is 3.32. The Labute approximate surface area is 101 Å². The molecule has 1 saturated heterocycles. The van der Waals surface area contributed by atoms with Gasteiger partial charge in [0.1, 0.15) is 12.0 Å². The molecule has 4 nitrogen and oxygen atoms in total. The molecule has 0 bridgehead atoms. The number of amides is 1. The average molecular weight is 234 g/mol. The van der Waals surface area contributed by atoms with Gasteiger partial charge in [0.15, 0.2) is 0 Å². The van der Waals surface area contributed by atoms with Crippen LogP contribution in [0.25, 0.3) is 0 Å². The van der Waals surface area contributed by atoms with Crippen LogP contribution in [0.1, 0.15) is 36.0 Å². The molecule has 1 atom stereocenters. The molecule has 1 aromatic carbocycles. The van der Waals surface area contributed by atoms with Crippen molar-refractivity contribution in [3.05, 3.63) is 29.8 Å². The Balaban J connectivity index is 2.09. The van der Waals surface area contributed by atoms with Crippen LogP contribution in [0.2, 0.25) is 0 Å². The lowest BCUT2D eigenvalue weighted by atomic mass is 10.2. The summed E-state index contributed by atoms with van der Waals surface area (Å²) in [6.45, 7) is 0.962. The van der Waals surface area contributed by atoms with Gasteiger partial charge in [0, 0.05) is 0 Å². The number of nitrogens with two attached hydrogens (primary N) is 1. The molecule has 1 amide bonds. The van der Waals surface area contributed by atoms with E-state index in [1.54, 1.807) is 18.2 Å². The Kier molecular flexibility index (Phi) is 3.98. The normalized spacial score (nSPS) is 20.6. The summed E-state index contributed by atoms with van der Waals surface area (Å²) >= 11 is 0. The Morgan fingerprint density at radius 1 is 1.29 bits per heavy atom. The highest BCUT2D eigenvalue weighted by molar-refractivity contribution is 5.95. The molecule has 1 fully saturated rings. The first-order valence-corrected chi connectivity index (χ1v) is 6.06. The number of carbonyl (C=O) groups excluding carboxylic acids is 1. The van der Waals surface area contributed by atoms with Crippen molar-refractivity contribution in [3.63, 3.8) is 0 Å². The van der Waals surface area contributed by atoms with Crippen molar-refractivity contribution in [2.45, 2.75) is 31.9 Å². The first-order valence-electron chi connectivity index (χ1n) is 6.06. The summed E-state index contributed by atoms with van der Waals surface area (Å²) in [4.78, 5) is 11.3. The van der Waals surface area contributed by atoms with Crippen LogP contribution in [0, 0.1) is 0 Å². The van der Waals surface area contributed by atoms with E-state index in [0.29, 0.717) is 11.3 Å². The zero-order chi connectivity index (χ0) is 12.1. The molecule has 1 aliphatic rings. The van der Waals surface area contributed by atoms with E-state index < -0.39 is 5.91 Å². The minimum atomic E-state index is -0.450. The van der Waals surface area contributed by atoms with E-state index in [1.165, 1.54) is 12.8 Å². The predicted octanol–water partition coefficient (Wildman–Crippen LogP) is 1.65. The topological polar surface area (TPSA) is 64.4 Å². The van der Waals surface area contributed by atoms with Crippen LogP contribution in [0.3, 0.4) is 0 Å². The van der Waals surface area contributed by atoms with E-state index in [2.05, 4.69) is 5.32 Å². The number of primary amides is 1. The molecule has 1 aromatic rings. The van der Waals surface area contributed by atoms with E-state index in [9.17, 15) is 4.79 Å². The van der Waals surface area contributed by atoms with Crippen molar-refractivity contribution in [3.8, 4) is 5.75 Å². The molecule has 0 radical (unpaired) electrons. The standard InChI is InChI=1S/C13H18N2O2/c14-13(16)10-6-3-4-7-11(10)17-12-8-2-1-5-9-15-12/h3-4,6-7,12,15H,1-2,5,8-9H2,(H2,14,16). The summed E-state index contributed by atoms with van der Waals surface area (Å²) in [6, 6.07) is 7.10. The number of ether oxygens (including phenoxy) is 1. The highest BCUT2D eigenvalue weighted by Gasteiger charge is 2.15. The van der Waals surface area contributed by atoms with Gasteiger partial charge in [-0.15, -0.1) is 0 Å². The smallest absolute Gasteiger partial charge is 0.252 e. The lowest BCUT2D eigenvalue weighted by Crippen LogP contribution is -2.34. The fourth-order valence-electron chi connectivity index (χ4n) is 2.02. The molecular weight excluding hydrogens is 216 g/mol. The van der Waals surface area contributed by atoms with Gasteiger partial charge in [-0.3, -0.25) is 10.1 Å². The van der Waals surface area contributed by atoms with Crippen molar-refractivity contribution in [2.75, 3.05) is 6.54 Å². The second-order valence-electron chi connectivity index (χ2n) is 4.27.